The van der Waals surface area contributed by atoms with Gasteiger partial charge in [0.1, 0.15) is 24.2 Å². The molecular formula is C29H28F6O5. The molecule has 0 aromatic heterocycles. The summed E-state index contributed by atoms with van der Waals surface area (Å²) < 4.78 is 96.4. The van der Waals surface area contributed by atoms with Gasteiger partial charge in [-0.1, -0.05) is 48.5 Å². The van der Waals surface area contributed by atoms with Crippen molar-refractivity contribution < 1.29 is 50.5 Å². The SMILES string of the molecule is COC(=O)CCc1ccc(OC[C@@H](Cc2ccccc2)Oc2ccc(C(O)(C(F)(F)F)C(F)(F)F)cc2C)cc1. The zero-order valence-corrected chi connectivity index (χ0v) is 21.7. The van der Waals surface area contributed by atoms with Gasteiger partial charge in [-0.05, 0) is 54.3 Å². The van der Waals surface area contributed by atoms with Crippen LogP contribution in [0.25, 0.3) is 0 Å². The molecule has 0 saturated heterocycles. The van der Waals surface area contributed by atoms with E-state index in [2.05, 4.69) is 4.74 Å². The first-order valence-electron chi connectivity index (χ1n) is 12.2. The van der Waals surface area contributed by atoms with Gasteiger partial charge in [0.15, 0.2) is 0 Å². The number of halogens is 6. The van der Waals surface area contributed by atoms with E-state index in [1.54, 1.807) is 24.3 Å². The van der Waals surface area contributed by atoms with E-state index in [0.717, 1.165) is 17.2 Å². The molecular weight excluding hydrogens is 542 g/mol. The van der Waals surface area contributed by atoms with Gasteiger partial charge in [0.2, 0.25) is 0 Å². The fraction of sp³-hybridized carbons (Fsp3) is 0.345. The molecule has 0 bridgehead atoms. The summed E-state index contributed by atoms with van der Waals surface area (Å²) in [6.07, 6.45) is -11.6. The normalized spacial score (nSPS) is 13.0. The molecule has 11 heteroatoms. The third-order valence-electron chi connectivity index (χ3n) is 6.22. The molecule has 0 amide bonds. The molecule has 1 atom stereocenters. The van der Waals surface area contributed by atoms with Crippen LogP contribution in [0.3, 0.4) is 0 Å². The van der Waals surface area contributed by atoms with Crippen molar-refractivity contribution in [3.05, 3.63) is 95.1 Å². The minimum absolute atomic E-state index is 0.00658. The Morgan fingerprint density at radius 2 is 1.50 bits per heavy atom. The first-order valence-corrected chi connectivity index (χ1v) is 12.2. The maximum Gasteiger partial charge on any atom is 0.430 e. The third kappa shape index (κ3) is 7.47. The number of carbonyl (C=O) groups is 1. The summed E-state index contributed by atoms with van der Waals surface area (Å²) in [5.74, 6) is 0.208. The molecule has 5 nitrogen and oxygen atoms in total. The smallest absolute Gasteiger partial charge is 0.430 e. The van der Waals surface area contributed by atoms with Crippen LogP contribution in [-0.4, -0.2) is 43.2 Å². The summed E-state index contributed by atoms with van der Waals surface area (Å²) in [7, 11) is 1.31. The van der Waals surface area contributed by atoms with E-state index in [0.29, 0.717) is 30.7 Å². The number of aliphatic hydroxyl groups is 1. The van der Waals surface area contributed by atoms with Crippen molar-refractivity contribution in [3.8, 4) is 11.5 Å². The molecule has 0 spiro atoms. The number of hydrogen-bond acceptors (Lipinski definition) is 5. The number of methoxy groups -OCH3 is 1. The number of rotatable bonds is 11. The highest BCUT2D eigenvalue weighted by Gasteiger charge is 2.71. The third-order valence-corrected chi connectivity index (χ3v) is 6.22. The fourth-order valence-electron chi connectivity index (χ4n) is 3.98. The molecule has 40 heavy (non-hydrogen) atoms. The van der Waals surface area contributed by atoms with E-state index >= 15 is 0 Å². The maximum atomic E-state index is 13.3. The second-order valence-electron chi connectivity index (χ2n) is 9.15. The lowest BCUT2D eigenvalue weighted by Crippen LogP contribution is -2.53. The average molecular weight is 571 g/mol. The highest BCUT2D eigenvalue weighted by atomic mass is 19.4. The minimum Gasteiger partial charge on any atom is -0.490 e. The summed E-state index contributed by atoms with van der Waals surface area (Å²) in [6, 6.07) is 18.3. The lowest BCUT2D eigenvalue weighted by molar-refractivity contribution is -0.376. The van der Waals surface area contributed by atoms with Crippen LogP contribution in [0.5, 0.6) is 11.5 Å². The molecule has 0 radical (unpaired) electrons. The molecule has 0 unspecified atom stereocenters. The highest BCUT2D eigenvalue weighted by molar-refractivity contribution is 5.69. The Hall–Kier alpha value is -3.73. The molecule has 0 heterocycles. The summed E-state index contributed by atoms with van der Waals surface area (Å²) in [6.45, 7) is 1.30. The summed E-state index contributed by atoms with van der Waals surface area (Å²) >= 11 is 0. The standard InChI is InChI=1S/C29H28F6O5/c1-19-16-22(27(37,28(30,31)32)29(33,34)35)11-14-25(19)40-24(17-21-6-4-3-5-7-21)18-39-23-12-8-20(9-13-23)10-15-26(36)38-2/h3-9,11-14,16,24,37H,10,15,17-18H2,1-2H3/t24-/m1/s1. The van der Waals surface area contributed by atoms with Crippen molar-refractivity contribution in [2.24, 2.45) is 0 Å². The Morgan fingerprint density at radius 1 is 0.875 bits per heavy atom. The second kappa shape index (κ2) is 12.6. The van der Waals surface area contributed by atoms with Gasteiger partial charge in [-0.15, -0.1) is 0 Å². The number of aryl methyl sites for hydroxylation is 2. The van der Waals surface area contributed by atoms with Gasteiger partial charge in [-0.2, -0.15) is 26.3 Å². The van der Waals surface area contributed by atoms with E-state index in [4.69, 9.17) is 9.47 Å². The van der Waals surface area contributed by atoms with E-state index in [-0.39, 0.29) is 30.3 Å². The van der Waals surface area contributed by atoms with Gasteiger partial charge in [-0.3, -0.25) is 4.79 Å². The lowest BCUT2D eigenvalue weighted by atomic mass is 9.91. The molecule has 1 N–H and O–H groups in total. The Labute approximate surface area is 227 Å². The van der Waals surface area contributed by atoms with Crippen molar-refractivity contribution >= 4 is 5.97 Å². The van der Waals surface area contributed by atoms with Crippen LogP contribution in [0.2, 0.25) is 0 Å². The van der Waals surface area contributed by atoms with Crippen LogP contribution in [0, 0.1) is 6.92 Å². The monoisotopic (exact) mass is 570 g/mol. The van der Waals surface area contributed by atoms with Crippen molar-refractivity contribution in [2.45, 2.75) is 50.2 Å². The Balaban J connectivity index is 1.79. The van der Waals surface area contributed by atoms with Gasteiger partial charge in [0.05, 0.1) is 7.11 Å². The number of esters is 1. The summed E-state index contributed by atoms with van der Waals surface area (Å²) in [5, 5.41) is 9.72. The predicted octanol–water partition coefficient (Wildman–Crippen LogP) is 6.48. The van der Waals surface area contributed by atoms with Crippen molar-refractivity contribution in [1.29, 1.82) is 0 Å². The Morgan fingerprint density at radius 3 is 2.05 bits per heavy atom. The van der Waals surface area contributed by atoms with Crippen LogP contribution in [0.4, 0.5) is 26.3 Å². The first-order chi connectivity index (χ1) is 18.7. The van der Waals surface area contributed by atoms with Crippen LogP contribution in [0.1, 0.15) is 28.7 Å². The van der Waals surface area contributed by atoms with Gasteiger partial charge in [0.25, 0.3) is 5.60 Å². The zero-order valence-electron chi connectivity index (χ0n) is 21.7. The Bertz CT molecular complexity index is 1240. The van der Waals surface area contributed by atoms with Crippen molar-refractivity contribution in [3.63, 3.8) is 0 Å². The first kappa shape index (κ1) is 30.8. The van der Waals surface area contributed by atoms with Gasteiger partial charge >= 0.3 is 18.3 Å². The number of benzene rings is 3. The largest absolute Gasteiger partial charge is 0.490 e. The topological polar surface area (TPSA) is 65.0 Å². The van der Waals surface area contributed by atoms with E-state index < -0.39 is 29.6 Å². The molecule has 0 aliphatic heterocycles. The van der Waals surface area contributed by atoms with E-state index in [1.165, 1.54) is 14.0 Å². The molecule has 216 valence electrons. The van der Waals surface area contributed by atoms with Crippen LogP contribution in [0.15, 0.2) is 72.8 Å². The van der Waals surface area contributed by atoms with Gasteiger partial charge in [-0.25, -0.2) is 0 Å². The van der Waals surface area contributed by atoms with Crippen LogP contribution in [-0.2, 0) is 28.0 Å². The van der Waals surface area contributed by atoms with Crippen LogP contribution < -0.4 is 9.47 Å². The Kier molecular flexibility index (Phi) is 9.73. The lowest BCUT2D eigenvalue weighted by Gasteiger charge is -2.33. The molecule has 3 rings (SSSR count). The molecule has 3 aromatic rings. The maximum absolute atomic E-state index is 13.3. The van der Waals surface area contributed by atoms with E-state index in [9.17, 15) is 36.2 Å². The molecule has 0 aliphatic carbocycles. The van der Waals surface area contributed by atoms with Gasteiger partial charge < -0.3 is 19.3 Å². The van der Waals surface area contributed by atoms with Crippen molar-refractivity contribution in [2.75, 3.05) is 13.7 Å². The summed E-state index contributed by atoms with van der Waals surface area (Å²) in [5.41, 5.74) is -4.66. The number of alkyl halides is 6. The predicted molar refractivity (Wildman–Crippen MR) is 134 cm³/mol. The summed E-state index contributed by atoms with van der Waals surface area (Å²) in [4.78, 5) is 11.3. The van der Waals surface area contributed by atoms with Crippen LogP contribution >= 0.6 is 0 Å². The zero-order chi connectivity index (χ0) is 29.6. The highest BCUT2D eigenvalue weighted by Crippen LogP contribution is 2.50. The van der Waals surface area contributed by atoms with Crippen molar-refractivity contribution in [1.82, 2.24) is 0 Å². The quantitative estimate of drug-likeness (QED) is 0.211. The average Bonchev–Trinajstić information content (AvgIpc) is 2.90. The molecule has 0 aliphatic rings. The minimum atomic E-state index is -5.99. The molecule has 0 fully saturated rings. The number of ether oxygens (including phenoxy) is 3. The number of hydrogen-bond donors (Lipinski definition) is 1. The molecule has 3 aromatic carbocycles. The second-order valence-corrected chi connectivity index (χ2v) is 9.15. The van der Waals surface area contributed by atoms with E-state index in [1.807, 2.05) is 30.3 Å². The van der Waals surface area contributed by atoms with Gasteiger partial charge in [0, 0.05) is 18.4 Å². The fourth-order valence-corrected chi connectivity index (χ4v) is 3.98. The number of carbonyl (C=O) groups excluding carboxylic acids is 1. The molecule has 0 saturated carbocycles.